The molecule has 1 aromatic carbocycles. The molecule has 0 aliphatic rings. The molecule has 0 saturated carbocycles. The number of benzene rings is 1. The van der Waals surface area contributed by atoms with E-state index in [9.17, 15) is 19.2 Å². The van der Waals surface area contributed by atoms with Gasteiger partial charge < -0.3 is 24.8 Å². The predicted molar refractivity (Wildman–Crippen MR) is 122 cm³/mol. The van der Waals surface area contributed by atoms with Crippen molar-refractivity contribution in [2.24, 2.45) is 5.10 Å². The van der Waals surface area contributed by atoms with Gasteiger partial charge in [-0.3, -0.25) is 19.2 Å². The molecule has 176 valence electrons. The third-order valence-corrected chi connectivity index (χ3v) is 4.80. The van der Waals surface area contributed by atoms with E-state index in [1.54, 1.807) is 12.1 Å². The van der Waals surface area contributed by atoms with Crippen LogP contribution in [0.5, 0.6) is 0 Å². The fourth-order valence-electron chi connectivity index (χ4n) is 2.43. The summed E-state index contributed by atoms with van der Waals surface area (Å²) < 4.78 is 10.4. The molecule has 0 fully saturated rings. The van der Waals surface area contributed by atoms with Crippen LogP contribution >= 0.6 is 23.2 Å². The zero-order valence-electron chi connectivity index (χ0n) is 17.3. The number of amides is 4. The molecule has 3 aromatic rings. The van der Waals surface area contributed by atoms with Gasteiger partial charge in [-0.25, -0.2) is 5.43 Å². The molecule has 0 radical (unpaired) electrons. The van der Waals surface area contributed by atoms with E-state index in [2.05, 4.69) is 26.5 Å². The first kappa shape index (κ1) is 24.6. The Balaban J connectivity index is 1.41. The number of rotatable bonds is 7. The fraction of sp³-hybridized carbons (Fsp3) is 0.0952. The summed E-state index contributed by atoms with van der Waals surface area (Å²) in [7, 11) is 0. The normalized spacial score (nSPS) is 10.6. The first-order valence-corrected chi connectivity index (χ1v) is 10.3. The maximum Gasteiger partial charge on any atom is 0.329 e. The number of nitrogens with zero attached hydrogens (tertiary/aromatic N) is 1. The Morgan fingerprint density at radius 2 is 1.59 bits per heavy atom. The lowest BCUT2D eigenvalue weighted by molar-refractivity contribution is -0.139. The number of carbonyl (C=O) groups excluding carboxylic acids is 4. The first-order valence-electron chi connectivity index (χ1n) is 9.58. The van der Waals surface area contributed by atoms with E-state index in [1.807, 2.05) is 0 Å². The van der Waals surface area contributed by atoms with Crippen LogP contribution in [-0.2, 0) is 32.3 Å². The number of halogens is 2. The summed E-state index contributed by atoms with van der Waals surface area (Å²) in [6.45, 7) is -0.0231. The Hall–Kier alpha value is -4.09. The molecule has 3 rings (SSSR count). The van der Waals surface area contributed by atoms with E-state index < -0.39 is 23.6 Å². The standard InChI is InChI=1S/C21H17Cl2N5O6/c22-16-6-3-12(8-17(16)23)27-20(31)18(29)25-10-14-4-5-15(34-14)11-26-28-21(32)19(30)24-9-13-2-1-7-33-13/h1-8,11H,9-10H2,(H,24,30)(H,25,29)(H,27,31)(H,28,32)/b26-11+. The van der Waals surface area contributed by atoms with Gasteiger partial charge in [0.1, 0.15) is 17.3 Å². The fourth-order valence-corrected chi connectivity index (χ4v) is 2.73. The molecule has 0 aliphatic heterocycles. The van der Waals surface area contributed by atoms with Crippen LogP contribution in [0.4, 0.5) is 5.69 Å². The summed E-state index contributed by atoms with van der Waals surface area (Å²) in [6, 6.07) is 10.8. The van der Waals surface area contributed by atoms with Crippen molar-refractivity contribution in [2.45, 2.75) is 13.1 Å². The van der Waals surface area contributed by atoms with E-state index in [0.29, 0.717) is 22.2 Å². The molecular formula is C21H17Cl2N5O6. The van der Waals surface area contributed by atoms with Crippen LogP contribution in [0.2, 0.25) is 10.0 Å². The predicted octanol–water partition coefficient (Wildman–Crippen LogP) is 2.20. The van der Waals surface area contributed by atoms with Crippen molar-refractivity contribution in [3.63, 3.8) is 0 Å². The van der Waals surface area contributed by atoms with Crippen molar-refractivity contribution in [3.8, 4) is 0 Å². The molecule has 0 atom stereocenters. The highest BCUT2D eigenvalue weighted by atomic mass is 35.5. The minimum absolute atomic E-state index is 0.0572. The maximum atomic E-state index is 12.0. The van der Waals surface area contributed by atoms with E-state index >= 15 is 0 Å². The van der Waals surface area contributed by atoms with Crippen molar-refractivity contribution in [2.75, 3.05) is 5.32 Å². The monoisotopic (exact) mass is 505 g/mol. The average Bonchev–Trinajstić information content (AvgIpc) is 3.50. The van der Waals surface area contributed by atoms with Gasteiger partial charge in [-0.2, -0.15) is 5.10 Å². The molecule has 0 bridgehead atoms. The Morgan fingerprint density at radius 1 is 0.853 bits per heavy atom. The van der Waals surface area contributed by atoms with Crippen molar-refractivity contribution in [3.05, 3.63) is 76.1 Å². The molecule has 4 N–H and O–H groups in total. The van der Waals surface area contributed by atoms with Crippen molar-refractivity contribution >= 4 is 58.7 Å². The third-order valence-electron chi connectivity index (χ3n) is 4.06. The van der Waals surface area contributed by atoms with Crippen LogP contribution in [-0.4, -0.2) is 29.8 Å². The summed E-state index contributed by atoms with van der Waals surface area (Å²) in [5.41, 5.74) is 2.36. The van der Waals surface area contributed by atoms with Crippen molar-refractivity contribution in [1.29, 1.82) is 0 Å². The minimum atomic E-state index is -0.977. The van der Waals surface area contributed by atoms with Gasteiger partial charge in [0.25, 0.3) is 0 Å². The summed E-state index contributed by atoms with van der Waals surface area (Å²) in [5.74, 6) is -2.62. The molecule has 0 saturated heterocycles. The molecule has 2 heterocycles. The van der Waals surface area contributed by atoms with Crippen molar-refractivity contribution in [1.82, 2.24) is 16.1 Å². The number of hydrogen-bond donors (Lipinski definition) is 4. The van der Waals surface area contributed by atoms with Crippen LogP contribution in [0.15, 0.2) is 62.7 Å². The highest BCUT2D eigenvalue weighted by Gasteiger charge is 2.15. The zero-order chi connectivity index (χ0) is 24.5. The molecule has 4 amide bonds. The second-order valence-corrected chi connectivity index (χ2v) is 7.35. The molecule has 13 heteroatoms. The summed E-state index contributed by atoms with van der Waals surface area (Å²) in [6.07, 6.45) is 2.61. The maximum absolute atomic E-state index is 12.0. The van der Waals surface area contributed by atoms with Crippen LogP contribution in [0.25, 0.3) is 0 Å². The van der Waals surface area contributed by atoms with Crippen LogP contribution < -0.4 is 21.4 Å². The van der Waals surface area contributed by atoms with Crippen LogP contribution in [0.3, 0.4) is 0 Å². The Labute approximate surface area is 202 Å². The van der Waals surface area contributed by atoms with Crippen molar-refractivity contribution < 1.29 is 28.0 Å². The third kappa shape index (κ3) is 7.22. The largest absolute Gasteiger partial charge is 0.467 e. The smallest absolute Gasteiger partial charge is 0.329 e. The average molecular weight is 506 g/mol. The lowest BCUT2D eigenvalue weighted by atomic mass is 10.3. The van der Waals surface area contributed by atoms with E-state index in [-0.39, 0.29) is 23.9 Å². The van der Waals surface area contributed by atoms with Crippen LogP contribution in [0, 0.1) is 0 Å². The zero-order valence-corrected chi connectivity index (χ0v) is 18.8. The first-order chi connectivity index (χ1) is 16.3. The van der Waals surface area contributed by atoms with Gasteiger partial charge in [0.15, 0.2) is 0 Å². The Bertz CT molecular complexity index is 1220. The Kier molecular flexibility index (Phi) is 8.43. The van der Waals surface area contributed by atoms with E-state index in [1.165, 1.54) is 42.8 Å². The number of anilines is 1. The molecule has 34 heavy (non-hydrogen) atoms. The van der Waals surface area contributed by atoms with Gasteiger partial charge in [0, 0.05) is 5.69 Å². The molecule has 11 nitrogen and oxygen atoms in total. The lowest BCUT2D eigenvalue weighted by Crippen LogP contribution is -2.37. The van der Waals surface area contributed by atoms with Gasteiger partial charge in [0.05, 0.1) is 35.6 Å². The highest BCUT2D eigenvalue weighted by molar-refractivity contribution is 6.43. The van der Waals surface area contributed by atoms with Gasteiger partial charge in [-0.05, 0) is 42.5 Å². The number of nitrogens with one attached hydrogen (secondary N) is 4. The van der Waals surface area contributed by atoms with Gasteiger partial charge >= 0.3 is 23.6 Å². The SMILES string of the molecule is O=C(NCc1ccco1)C(=O)N/N=C/c1ccc(CNC(=O)C(=O)Nc2ccc(Cl)c(Cl)c2)o1. The quantitative estimate of drug-likeness (QED) is 0.219. The second kappa shape index (κ2) is 11.7. The molecule has 0 aliphatic carbocycles. The molecular weight excluding hydrogens is 489 g/mol. The topological polar surface area (TPSA) is 155 Å². The number of carbonyl (C=O) groups is 4. The van der Waals surface area contributed by atoms with Crippen LogP contribution in [0.1, 0.15) is 17.3 Å². The summed E-state index contributed by atoms with van der Waals surface area (Å²) in [4.78, 5) is 47.4. The van der Waals surface area contributed by atoms with Gasteiger partial charge in [-0.1, -0.05) is 23.2 Å². The van der Waals surface area contributed by atoms with E-state index in [0.717, 1.165) is 0 Å². The molecule has 0 unspecified atom stereocenters. The van der Waals surface area contributed by atoms with Gasteiger partial charge in [-0.15, -0.1) is 0 Å². The summed E-state index contributed by atoms with van der Waals surface area (Å²) >= 11 is 11.7. The number of furan rings is 2. The second-order valence-electron chi connectivity index (χ2n) is 6.53. The number of hydrazone groups is 1. The number of hydrogen-bond acceptors (Lipinski definition) is 7. The minimum Gasteiger partial charge on any atom is -0.467 e. The van der Waals surface area contributed by atoms with E-state index in [4.69, 9.17) is 32.0 Å². The lowest BCUT2D eigenvalue weighted by Gasteiger charge is -2.06. The highest BCUT2D eigenvalue weighted by Crippen LogP contribution is 2.24. The molecule has 0 spiro atoms. The summed E-state index contributed by atoms with van der Waals surface area (Å²) in [5, 5.41) is 11.3. The Morgan fingerprint density at radius 3 is 2.29 bits per heavy atom. The molecule has 2 aromatic heterocycles. The van der Waals surface area contributed by atoms with Gasteiger partial charge in [0.2, 0.25) is 0 Å².